The molecule has 0 amide bonds. The first-order valence-electron chi connectivity index (χ1n) is 7.06. The summed E-state index contributed by atoms with van der Waals surface area (Å²) in [5.41, 5.74) is 1.47. The molecule has 0 spiro atoms. The molecule has 1 atom stereocenters. The minimum Gasteiger partial charge on any atom is -0.481 e. The van der Waals surface area contributed by atoms with Crippen LogP contribution >= 0.6 is 11.5 Å². The van der Waals surface area contributed by atoms with E-state index < -0.39 is 11.9 Å². The molecule has 1 unspecified atom stereocenters. The van der Waals surface area contributed by atoms with Gasteiger partial charge in [0.2, 0.25) is 0 Å². The highest BCUT2D eigenvalue weighted by Gasteiger charge is 2.17. The zero-order chi connectivity index (χ0) is 15.7. The number of carboxylic acid groups (broad SMARTS) is 1. The third kappa shape index (κ3) is 2.44. The van der Waals surface area contributed by atoms with E-state index in [4.69, 9.17) is 0 Å². The lowest BCUT2D eigenvalue weighted by atomic mass is 9.96. The maximum Gasteiger partial charge on any atom is 0.310 e. The molecule has 0 aliphatic carbocycles. The predicted octanol–water partition coefficient (Wildman–Crippen LogP) is 3.63. The van der Waals surface area contributed by atoms with Gasteiger partial charge in [0.25, 0.3) is 5.56 Å². The number of hydrogen-bond donors (Lipinski definition) is 1. The number of rotatable bonds is 4. The van der Waals surface area contributed by atoms with Gasteiger partial charge in [0.1, 0.15) is 0 Å². The number of benzene rings is 2. The van der Waals surface area contributed by atoms with Gasteiger partial charge in [-0.15, -0.1) is 0 Å². The Morgan fingerprint density at radius 1 is 1.18 bits per heavy atom. The van der Waals surface area contributed by atoms with Crippen molar-refractivity contribution in [3.63, 3.8) is 0 Å². The minimum atomic E-state index is -0.825. The molecular formula is C17H15NO3S. The molecule has 5 heteroatoms. The average Bonchev–Trinajstić information content (AvgIpc) is 2.86. The Morgan fingerprint density at radius 3 is 2.45 bits per heavy atom. The summed E-state index contributed by atoms with van der Waals surface area (Å²) in [4.78, 5) is 23.6. The molecule has 4 nitrogen and oxygen atoms in total. The van der Waals surface area contributed by atoms with Gasteiger partial charge in [-0.25, -0.2) is 3.96 Å². The van der Waals surface area contributed by atoms with Gasteiger partial charge in [-0.3, -0.25) is 9.59 Å². The third-order valence-corrected chi connectivity index (χ3v) is 4.84. The summed E-state index contributed by atoms with van der Waals surface area (Å²) in [6.45, 7) is 1.85. The molecule has 1 heterocycles. The van der Waals surface area contributed by atoms with Crippen molar-refractivity contribution >= 4 is 27.6 Å². The number of hydrogen-bond acceptors (Lipinski definition) is 3. The molecule has 1 N–H and O–H groups in total. The first-order valence-corrected chi connectivity index (χ1v) is 7.83. The van der Waals surface area contributed by atoms with Gasteiger partial charge in [-0.05, 0) is 36.2 Å². The van der Waals surface area contributed by atoms with E-state index in [0.717, 1.165) is 16.0 Å². The van der Waals surface area contributed by atoms with Crippen LogP contribution in [0.15, 0.2) is 53.3 Å². The molecule has 0 saturated heterocycles. The summed E-state index contributed by atoms with van der Waals surface area (Å²) >= 11 is 1.39. The molecule has 0 aliphatic rings. The lowest BCUT2D eigenvalue weighted by molar-refractivity contribution is -0.138. The van der Waals surface area contributed by atoms with Crippen LogP contribution in [-0.4, -0.2) is 15.0 Å². The maximum absolute atomic E-state index is 12.4. The topological polar surface area (TPSA) is 59.3 Å². The fraction of sp³-hybridized carbons (Fsp3) is 0.176. The number of nitrogens with zero attached hydrogens (tertiary/aromatic N) is 1. The molecule has 1 aromatic heterocycles. The summed E-state index contributed by atoms with van der Waals surface area (Å²) in [6, 6.07) is 14.7. The number of fused-ring (bicyclic) bond motifs is 1. The molecule has 0 bridgehead atoms. The van der Waals surface area contributed by atoms with Gasteiger partial charge in [-0.2, -0.15) is 0 Å². The first kappa shape index (κ1) is 14.5. The second kappa shape index (κ2) is 5.77. The molecule has 0 saturated carbocycles. The van der Waals surface area contributed by atoms with Crippen molar-refractivity contribution in [3.05, 3.63) is 64.4 Å². The van der Waals surface area contributed by atoms with Crippen LogP contribution in [0.5, 0.6) is 0 Å². The van der Waals surface area contributed by atoms with E-state index in [0.29, 0.717) is 11.8 Å². The third-order valence-electron chi connectivity index (χ3n) is 3.73. The van der Waals surface area contributed by atoms with Gasteiger partial charge >= 0.3 is 5.97 Å². The molecule has 0 aliphatic heterocycles. The summed E-state index contributed by atoms with van der Waals surface area (Å²) in [5, 5.41) is 9.90. The van der Waals surface area contributed by atoms with Crippen molar-refractivity contribution in [1.29, 1.82) is 0 Å². The zero-order valence-electron chi connectivity index (χ0n) is 12.0. The molecular weight excluding hydrogens is 298 g/mol. The van der Waals surface area contributed by atoms with Gasteiger partial charge < -0.3 is 5.11 Å². The van der Waals surface area contributed by atoms with Crippen LogP contribution in [-0.2, 0) is 4.79 Å². The minimum absolute atomic E-state index is 0.0429. The Bertz CT molecular complexity index is 877. The number of aromatic nitrogens is 1. The molecule has 0 fully saturated rings. The fourth-order valence-electron chi connectivity index (χ4n) is 2.54. The molecule has 112 valence electrons. The van der Waals surface area contributed by atoms with Crippen LogP contribution in [0.25, 0.3) is 15.8 Å². The molecule has 2 aromatic carbocycles. The number of aliphatic carboxylic acids is 1. The SMILES string of the molecule is CCC(C(=O)O)c1ccc(-n2sc3ccccc3c2=O)cc1. The second-order valence-corrected chi connectivity index (χ2v) is 6.07. The van der Waals surface area contributed by atoms with Crippen molar-refractivity contribution in [2.75, 3.05) is 0 Å². The zero-order valence-corrected chi connectivity index (χ0v) is 12.8. The summed E-state index contributed by atoms with van der Waals surface area (Å²) in [6.07, 6.45) is 0.539. The molecule has 22 heavy (non-hydrogen) atoms. The van der Waals surface area contributed by atoms with Crippen LogP contribution in [0.4, 0.5) is 0 Å². The summed E-state index contributed by atoms with van der Waals surface area (Å²) < 4.78 is 2.57. The largest absolute Gasteiger partial charge is 0.481 e. The molecule has 3 rings (SSSR count). The quantitative estimate of drug-likeness (QED) is 0.800. The normalized spacial score (nSPS) is 12.4. The lowest BCUT2D eigenvalue weighted by Crippen LogP contribution is -2.12. The van der Waals surface area contributed by atoms with Crippen LogP contribution < -0.4 is 5.56 Å². The van der Waals surface area contributed by atoms with Crippen LogP contribution in [0.3, 0.4) is 0 Å². The Morgan fingerprint density at radius 2 is 1.86 bits per heavy atom. The first-order chi connectivity index (χ1) is 10.6. The van der Waals surface area contributed by atoms with Gasteiger partial charge in [0.05, 0.1) is 21.7 Å². The second-order valence-electron chi connectivity index (χ2n) is 5.08. The molecule has 0 radical (unpaired) electrons. The van der Waals surface area contributed by atoms with E-state index >= 15 is 0 Å². The van der Waals surface area contributed by atoms with Crippen molar-refractivity contribution in [2.45, 2.75) is 19.3 Å². The van der Waals surface area contributed by atoms with Crippen molar-refractivity contribution in [1.82, 2.24) is 3.96 Å². The Hall–Kier alpha value is -2.40. The highest BCUT2D eigenvalue weighted by Crippen LogP contribution is 2.23. The van der Waals surface area contributed by atoms with Gasteiger partial charge in [-0.1, -0.05) is 42.7 Å². The van der Waals surface area contributed by atoms with E-state index in [-0.39, 0.29) is 5.56 Å². The van der Waals surface area contributed by atoms with Crippen LogP contribution in [0.2, 0.25) is 0 Å². The maximum atomic E-state index is 12.4. The monoisotopic (exact) mass is 313 g/mol. The van der Waals surface area contributed by atoms with E-state index in [2.05, 4.69) is 0 Å². The summed E-state index contributed by atoms with van der Waals surface area (Å²) in [5.74, 6) is -1.33. The summed E-state index contributed by atoms with van der Waals surface area (Å²) in [7, 11) is 0. The van der Waals surface area contributed by atoms with Gasteiger partial charge in [0.15, 0.2) is 0 Å². The smallest absolute Gasteiger partial charge is 0.310 e. The Kier molecular flexibility index (Phi) is 3.81. The van der Waals surface area contributed by atoms with Crippen LogP contribution in [0.1, 0.15) is 24.8 Å². The van der Waals surface area contributed by atoms with E-state index in [1.165, 1.54) is 11.5 Å². The van der Waals surface area contributed by atoms with Crippen molar-refractivity contribution in [2.24, 2.45) is 0 Å². The Labute approximate surface area is 131 Å². The number of carboxylic acids is 1. The predicted molar refractivity (Wildman–Crippen MR) is 88.1 cm³/mol. The van der Waals surface area contributed by atoms with E-state index in [1.807, 2.05) is 31.2 Å². The van der Waals surface area contributed by atoms with E-state index in [9.17, 15) is 14.7 Å². The van der Waals surface area contributed by atoms with Gasteiger partial charge in [0, 0.05) is 0 Å². The van der Waals surface area contributed by atoms with E-state index in [1.54, 1.807) is 28.2 Å². The highest BCUT2D eigenvalue weighted by molar-refractivity contribution is 7.14. The molecule has 3 aromatic rings. The fourth-order valence-corrected chi connectivity index (χ4v) is 3.54. The number of carbonyl (C=O) groups is 1. The van der Waals surface area contributed by atoms with Crippen LogP contribution in [0, 0.1) is 0 Å². The lowest BCUT2D eigenvalue weighted by Gasteiger charge is -2.10. The highest BCUT2D eigenvalue weighted by atomic mass is 32.1. The van der Waals surface area contributed by atoms with Crippen molar-refractivity contribution in [3.8, 4) is 5.69 Å². The van der Waals surface area contributed by atoms with Crippen molar-refractivity contribution < 1.29 is 9.90 Å². The standard InChI is InChI=1S/C17H15NO3S/c1-2-13(17(20)21)11-7-9-12(10-8-11)18-16(19)14-5-3-4-6-15(14)22-18/h3-10,13H,2H2,1H3,(H,20,21). The average molecular weight is 313 g/mol. The Balaban J connectivity index is 2.03.